The second-order valence-corrected chi connectivity index (χ2v) is 8.40. The fourth-order valence-corrected chi connectivity index (χ4v) is 4.27. The van der Waals surface area contributed by atoms with E-state index in [1.165, 1.54) is 0 Å². The molecule has 0 aliphatic carbocycles. The molecule has 2 aliphatic heterocycles. The lowest BCUT2D eigenvalue weighted by Gasteiger charge is -2.48. The van der Waals surface area contributed by atoms with Crippen molar-refractivity contribution in [2.24, 2.45) is 0 Å². The number of benzene rings is 2. The molecule has 1 N–H and O–H groups in total. The summed E-state index contributed by atoms with van der Waals surface area (Å²) < 4.78 is 6.04. The van der Waals surface area contributed by atoms with Crippen LogP contribution in [0.5, 0.6) is 5.75 Å². The molecule has 1 fully saturated rings. The van der Waals surface area contributed by atoms with Crippen LogP contribution in [0.2, 0.25) is 5.02 Å². The minimum atomic E-state index is -0.695. The van der Waals surface area contributed by atoms with E-state index in [2.05, 4.69) is 15.9 Å². The van der Waals surface area contributed by atoms with Crippen LogP contribution in [-0.4, -0.2) is 47.9 Å². The van der Waals surface area contributed by atoms with Crippen LogP contribution in [0.3, 0.4) is 0 Å². The average molecular weight is 398 g/mol. The maximum atomic E-state index is 11.1. The quantitative estimate of drug-likeness (QED) is 0.838. The minimum absolute atomic E-state index is 0.195. The first-order chi connectivity index (χ1) is 13.4. The molecule has 2 aromatic rings. The van der Waals surface area contributed by atoms with Crippen molar-refractivity contribution >= 4 is 17.3 Å². The van der Waals surface area contributed by atoms with Crippen LogP contribution >= 0.6 is 11.6 Å². The molecule has 2 heterocycles. The smallest absolute Gasteiger partial charge is 0.131 e. The van der Waals surface area contributed by atoms with Gasteiger partial charge < -0.3 is 14.7 Å². The van der Waals surface area contributed by atoms with Gasteiger partial charge in [0.05, 0.1) is 17.7 Å². The number of piperazine rings is 1. The second kappa shape index (κ2) is 7.29. The summed E-state index contributed by atoms with van der Waals surface area (Å²) in [5.74, 6) is 0.749. The van der Waals surface area contributed by atoms with Gasteiger partial charge in [-0.15, -0.1) is 0 Å². The highest BCUT2D eigenvalue weighted by Gasteiger charge is 2.45. The molecular formula is C22H24ClN3O2. The second-order valence-electron chi connectivity index (χ2n) is 7.96. The molecular weight excluding hydrogens is 374 g/mol. The number of halogens is 1. The molecule has 28 heavy (non-hydrogen) atoms. The molecule has 4 rings (SSSR count). The topological polar surface area (TPSA) is 59.7 Å². The highest BCUT2D eigenvalue weighted by molar-refractivity contribution is 6.30. The molecule has 146 valence electrons. The van der Waals surface area contributed by atoms with Gasteiger partial charge in [0.1, 0.15) is 17.5 Å². The van der Waals surface area contributed by atoms with Gasteiger partial charge in [-0.3, -0.25) is 4.90 Å². The maximum absolute atomic E-state index is 11.1. The third kappa shape index (κ3) is 3.44. The standard InChI is InChI=1S/C22H24ClN3O2/c1-22(2)21(27)20(18-13-15(14-24)3-8-19(18)28-22)26-11-9-25(10-12-26)17-6-4-16(23)5-7-17/h3-8,13,20-21,27H,9-12H2,1-2H3/t20-,21+/m1/s1. The summed E-state index contributed by atoms with van der Waals surface area (Å²) in [7, 11) is 0. The van der Waals surface area contributed by atoms with E-state index in [1.807, 2.05) is 50.2 Å². The van der Waals surface area contributed by atoms with Crippen molar-refractivity contribution in [2.45, 2.75) is 31.6 Å². The van der Waals surface area contributed by atoms with E-state index >= 15 is 0 Å². The van der Waals surface area contributed by atoms with E-state index in [0.717, 1.165) is 48.2 Å². The predicted molar refractivity (Wildman–Crippen MR) is 110 cm³/mol. The fraction of sp³-hybridized carbons (Fsp3) is 0.409. The summed E-state index contributed by atoms with van der Waals surface area (Å²) in [6.07, 6.45) is -0.684. The summed E-state index contributed by atoms with van der Waals surface area (Å²) in [6, 6.07) is 15.4. The zero-order valence-corrected chi connectivity index (χ0v) is 16.9. The van der Waals surface area contributed by atoms with Crippen molar-refractivity contribution in [1.29, 1.82) is 5.26 Å². The van der Waals surface area contributed by atoms with Crippen LogP contribution in [0, 0.1) is 11.3 Å². The number of nitriles is 1. The summed E-state index contributed by atoms with van der Waals surface area (Å²) >= 11 is 6.00. The zero-order valence-electron chi connectivity index (χ0n) is 16.1. The molecule has 0 radical (unpaired) electrons. The van der Waals surface area contributed by atoms with Crippen molar-refractivity contribution in [3.05, 3.63) is 58.6 Å². The van der Waals surface area contributed by atoms with Crippen molar-refractivity contribution in [3.63, 3.8) is 0 Å². The largest absolute Gasteiger partial charge is 0.485 e. The van der Waals surface area contributed by atoms with Crippen molar-refractivity contribution in [1.82, 2.24) is 4.90 Å². The lowest BCUT2D eigenvalue weighted by atomic mass is 9.84. The number of hydrogen-bond acceptors (Lipinski definition) is 5. The molecule has 0 saturated carbocycles. The van der Waals surface area contributed by atoms with Crippen LogP contribution in [0.25, 0.3) is 0 Å². The Morgan fingerprint density at radius 2 is 1.79 bits per heavy atom. The van der Waals surface area contributed by atoms with E-state index in [4.69, 9.17) is 16.3 Å². The normalized spacial score (nSPS) is 24.2. The average Bonchev–Trinajstić information content (AvgIpc) is 2.69. The van der Waals surface area contributed by atoms with Crippen LogP contribution in [0.1, 0.15) is 31.0 Å². The third-order valence-corrected chi connectivity index (χ3v) is 5.99. The Morgan fingerprint density at radius 3 is 2.43 bits per heavy atom. The predicted octanol–water partition coefficient (Wildman–Crippen LogP) is 3.61. The number of fused-ring (bicyclic) bond motifs is 1. The molecule has 2 aliphatic rings. The molecule has 0 bridgehead atoms. The Kier molecular flexibility index (Phi) is 4.96. The lowest BCUT2D eigenvalue weighted by molar-refractivity contribution is -0.0942. The number of aliphatic hydroxyl groups excluding tert-OH is 1. The van der Waals surface area contributed by atoms with Crippen LogP contribution in [0.15, 0.2) is 42.5 Å². The van der Waals surface area contributed by atoms with Gasteiger partial charge in [0.2, 0.25) is 0 Å². The number of hydrogen-bond donors (Lipinski definition) is 1. The molecule has 0 aromatic heterocycles. The maximum Gasteiger partial charge on any atom is 0.131 e. The van der Waals surface area contributed by atoms with Gasteiger partial charge in [0, 0.05) is 42.5 Å². The number of rotatable bonds is 2. The highest BCUT2D eigenvalue weighted by Crippen LogP contribution is 2.43. The first-order valence-corrected chi connectivity index (χ1v) is 9.92. The molecule has 2 aromatic carbocycles. The Morgan fingerprint density at radius 1 is 1.11 bits per heavy atom. The zero-order chi connectivity index (χ0) is 19.9. The summed E-state index contributed by atoms with van der Waals surface area (Å²) in [5, 5.41) is 21.1. The fourth-order valence-electron chi connectivity index (χ4n) is 4.14. The van der Waals surface area contributed by atoms with Crippen molar-refractivity contribution < 1.29 is 9.84 Å². The van der Waals surface area contributed by atoms with Crippen molar-refractivity contribution in [3.8, 4) is 11.8 Å². The van der Waals surface area contributed by atoms with E-state index in [1.54, 1.807) is 6.07 Å². The van der Waals surface area contributed by atoms with E-state index in [-0.39, 0.29) is 6.04 Å². The van der Waals surface area contributed by atoms with E-state index in [9.17, 15) is 10.4 Å². The lowest BCUT2D eigenvalue weighted by Crippen LogP contribution is -2.57. The molecule has 6 heteroatoms. The first-order valence-electron chi connectivity index (χ1n) is 9.55. The van der Waals surface area contributed by atoms with Gasteiger partial charge >= 0.3 is 0 Å². The molecule has 5 nitrogen and oxygen atoms in total. The summed E-state index contributed by atoms with van der Waals surface area (Å²) in [6.45, 7) is 7.18. The number of nitrogens with zero attached hydrogens (tertiary/aromatic N) is 3. The summed E-state index contributed by atoms with van der Waals surface area (Å²) in [5.41, 5.74) is 1.94. The Bertz CT molecular complexity index is 899. The van der Waals surface area contributed by atoms with Crippen molar-refractivity contribution in [2.75, 3.05) is 31.1 Å². The van der Waals surface area contributed by atoms with Crippen LogP contribution in [-0.2, 0) is 0 Å². The number of anilines is 1. The Labute approximate surface area is 170 Å². The third-order valence-electron chi connectivity index (χ3n) is 5.74. The van der Waals surface area contributed by atoms with E-state index in [0.29, 0.717) is 5.56 Å². The molecule has 1 saturated heterocycles. The van der Waals surface area contributed by atoms with Crippen LogP contribution in [0.4, 0.5) is 5.69 Å². The highest BCUT2D eigenvalue weighted by atomic mass is 35.5. The Balaban J connectivity index is 1.58. The van der Waals surface area contributed by atoms with E-state index < -0.39 is 11.7 Å². The van der Waals surface area contributed by atoms with Gasteiger partial charge in [-0.2, -0.15) is 5.26 Å². The first kappa shape index (κ1) is 19.1. The molecule has 0 spiro atoms. The minimum Gasteiger partial charge on any atom is -0.485 e. The van der Waals surface area contributed by atoms with Crippen LogP contribution < -0.4 is 9.64 Å². The number of ether oxygens (including phenoxy) is 1. The van der Waals surface area contributed by atoms with Gasteiger partial charge in [0.15, 0.2) is 0 Å². The number of aliphatic hydroxyl groups is 1. The van der Waals surface area contributed by atoms with Gasteiger partial charge in [0.25, 0.3) is 0 Å². The SMILES string of the molecule is CC1(C)Oc2ccc(C#N)cc2[C@@H](N2CCN(c3ccc(Cl)cc3)CC2)[C@@H]1O. The van der Waals surface area contributed by atoms with Gasteiger partial charge in [-0.1, -0.05) is 11.6 Å². The van der Waals surface area contributed by atoms with Gasteiger partial charge in [-0.05, 0) is 56.3 Å². The summed E-state index contributed by atoms with van der Waals surface area (Å²) in [4.78, 5) is 4.64. The molecule has 0 unspecified atom stereocenters. The molecule has 0 amide bonds. The monoisotopic (exact) mass is 397 g/mol. The van der Waals surface area contributed by atoms with Gasteiger partial charge in [-0.25, -0.2) is 0 Å². The Hall–Kier alpha value is -2.26. The molecule has 2 atom stereocenters.